The largest absolute Gasteiger partial charge is 0.383 e. The Labute approximate surface area is 199 Å². The van der Waals surface area contributed by atoms with Crippen molar-refractivity contribution in [2.45, 2.75) is 13.8 Å². The Bertz CT molecular complexity index is 744. The van der Waals surface area contributed by atoms with Gasteiger partial charge in [-0.15, -0.1) is 22.7 Å². The van der Waals surface area contributed by atoms with E-state index < -0.39 is 0 Å². The molecule has 2 rings (SSSR count). The molecule has 0 saturated heterocycles. The third kappa shape index (κ3) is 16.0. The number of rotatable bonds is 11. The fraction of sp³-hybridized carbons (Fsp3) is 0.619. The minimum absolute atomic E-state index is 0.0787. The summed E-state index contributed by atoms with van der Waals surface area (Å²) in [6, 6.07) is 0. The van der Waals surface area contributed by atoms with Gasteiger partial charge in [-0.05, 0) is 35.0 Å². The molecule has 0 aliphatic heterocycles. The van der Waals surface area contributed by atoms with Crippen LogP contribution in [0.5, 0.6) is 0 Å². The number of thiazole rings is 2. The summed E-state index contributed by atoms with van der Waals surface area (Å²) >= 11 is 2.83. The summed E-state index contributed by atoms with van der Waals surface area (Å²) in [4.78, 5) is 35.5. The summed E-state index contributed by atoms with van der Waals surface area (Å²) in [6.07, 6.45) is 4.16. The van der Waals surface area contributed by atoms with Crippen molar-refractivity contribution in [2.75, 3.05) is 74.8 Å². The van der Waals surface area contributed by atoms with Crippen molar-refractivity contribution in [3.8, 4) is 0 Å². The number of aldehydes is 1. The van der Waals surface area contributed by atoms with E-state index >= 15 is 0 Å². The van der Waals surface area contributed by atoms with E-state index in [1.54, 1.807) is 26.6 Å². The van der Waals surface area contributed by atoms with Crippen molar-refractivity contribution < 1.29 is 19.1 Å². The van der Waals surface area contributed by atoms with Crippen molar-refractivity contribution in [3.05, 3.63) is 32.2 Å². The molecule has 9 nitrogen and oxygen atoms in total. The molecule has 182 valence electrons. The number of hydrogen-bond acceptors (Lipinski definition) is 10. The molecule has 0 aromatic carbocycles. The number of carbonyl (C=O) groups excluding carboxylic acids is 2. The number of likely N-dealkylation sites (N-methyl/N-ethyl adjacent to an activating group) is 2. The molecule has 1 amide bonds. The molecule has 0 radical (unpaired) electrons. The van der Waals surface area contributed by atoms with Gasteiger partial charge in [0.2, 0.25) is 0 Å². The number of hydrogen-bond donors (Lipinski definition) is 1. The van der Waals surface area contributed by atoms with Gasteiger partial charge in [-0.2, -0.15) is 0 Å². The van der Waals surface area contributed by atoms with Gasteiger partial charge >= 0.3 is 0 Å². The first-order chi connectivity index (χ1) is 15.2. The number of aryl methyl sites for hydroxylation is 2. The molecule has 0 atom stereocenters. The highest BCUT2D eigenvalue weighted by Crippen LogP contribution is 2.10. The van der Waals surface area contributed by atoms with Crippen LogP contribution < -0.4 is 5.32 Å². The first-order valence-corrected chi connectivity index (χ1v) is 11.8. The number of aromatic nitrogens is 2. The Morgan fingerprint density at radius 2 is 1.56 bits per heavy atom. The molecular formula is C21H37N5O4S2. The van der Waals surface area contributed by atoms with Crippen LogP contribution in [0.25, 0.3) is 0 Å². The van der Waals surface area contributed by atoms with E-state index in [0.29, 0.717) is 16.6 Å². The number of amides is 1. The Hall–Kier alpha value is -1.76. The number of carbonyl (C=O) groups is 2. The lowest BCUT2D eigenvalue weighted by atomic mass is 10.5. The van der Waals surface area contributed by atoms with Crippen LogP contribution in [0.3, 0.4) is 0 Å². The van der Waals surface area contributed by atoms with Crippen molar-refractivity contribution in [2.24, 2.45) is 0 Å². The minimum Gasteiger partial charge on any atom is -0.383 e. The van der Waals surface area contributed by atoms with Gasteiger partial charge in [0.15, 0.2) is 16.3 Å². The summed E-state index contributed by atoms with van der Waals surface area (Å²) in [6.45, 7) is 8.89. The zero-order valence-electron chi connectivity index (χ0n) is 20.2. The van der Waals surface area contributed by atoms with Crippen molar-refractivity contribution in [3.63, 3.8) is 0 Å². The molecule has 0 aliphatic carbocycles. The van der Waals surface area contributed by atoms with Crippen LogP contribution in [0.15, 0.2) is 12.4 Å². The maximum Gasteiger partial charge on any atom is 0.280 e. The molecule has 0 unspecified atom stereocenters. The highest BCUT2D eigenvalue weighted by molar-refractivity contribution is 7.13. The fourth-order valence-corrected chi connectivity index (χ4v) is 3.23. The van der Waals surface area contributed by atoms with E-state index in [1.165, 1.54) is 22.7 Å². The Balaban J connectivity index is 0.000000471. The van der Waals surface area contributed by atoms with Gasteiger partial charge in [0.05, 0.1) is 13.2 Å². The lowest BCUT2D eigenvalue weighted by Crippen LogP contribution is -2.31. The topological polar surface area (TPSA) is 96.9 Å². The maximum atomic E-state index is 11.5. The van der Waals surface area contributed by atoms with Gasteiger partial charge < -0.3 is 24.6 Å². The minimum atomic E-state index is -0.0787. The molecule has 0 bridgehead atoms. The first-order valence-electron chi connectivity index (χ1n) is 10.1. The van der Waals surface area contributed by atoms with Gasteiger partial charge in [0.1, 0.15) is 0 Å². The monoisotopic (exact) mass is 487 g/mol. The summed E-state index contributed by atoms with van der Waals surface area (Å²) in [5.74, 6) is -0.0787. The number of nitrogens with one attached hydrogen (secondary N) is 1. The molecule has 2 aromatic heterocycles. The number of nitrogens with zero attached hydrogens (tertiary/aromatic N) is 4. The zero-order valence-corrected chi connectivity index (χ0v) is 21.8. The second-order valence-electron chi connectivity index (χ2n) is 7.05. The smallest absolute Gasteiger partial charge is 0.280 e. The Morgan fingerprint density at radius 3 is 1.94 bits per heavy atom. The Kier molecular flexibility index (Phi) is 17.7. The fourth-order valence-electron chi connectivity index (χ4n) is 1.96. The quantitative estimate of drug-likeness (QED) is 0.482. The van der Waals surface area contributed by atoms with Crippen LogP contribution in [0.1, 0.15) is 29.4 Å². The Morgan fingerprint density at radius 1 is 1.00 bits per heavy atom. The zero-order chi connectivity index (χ0) is 24.4. The molecule has 1 N–H and O–H groups in total. The van der Waals surface area contributed by atoms with E-state index in [0.717, 1.165) is 48.9 Å². The molecular weight excluding hydrogens is 450 g/mol. The highest BCUT2D eigenvalue weighted by Gasteiger charge is 2.08. The molecule has 0 saturated carbocycles. The third-order valence-corrected chi connectivity index (χ3v) is 5.50. The molecule has 0 aliphatic rings. The maximum absolute atomic E-state index is 11.5. The van der Waals surface area contributed by atoms with Crippen LogP contribution in [-0.2, 0) is 9.47 Å². The normalized spacial score (nSPS) is 10.3. The lowest BCUT2D eigenvalue weighted by Gasteiger charge is -2.14. The molecule has 11 heteroatoms. The predicted octanol–water partition coefficient (Wildman–Crippen LogP) is 2.22. The number of ether oxygens (including phenoxy) is 2. The van der Waals surface area contributed by atoms with Gasteiger partial charge in [0, 0.05) is 62.5 Å². The second-order valence-corrected chi connectivity index (χ2v) is 9.55. The third-order valence-electron chi connectivity index (χ3n) is 3.75. The standard InChI is InChI=1S/C9H15N3OS.C7H17NO2.C5H5NOS/c1-7-6-11-9(14-7)8(13)10-4-5-12(2)3;1-8(4-6-9-2)5-7-10-3;1-4-2-6-5(3-7)8-4/h6H,4-5H2,1-3H3,(H,10,13);4-7H2,1-3H3;2-3H,1H3. The highest BCUT2D eigenvalue weighted by atomic mass is 32.1. The molecule has 2 aromatic rings. The van der Waals surface area contributed by atoms with Crippen molar-refractivity contribution in [1.82, 2.24) is 25.1 Å². The van der Waals surface area contributed by atoms with E-state index in [-0.39, 0.29) is 5.91 Å². The first kappa shape index (κ1) is 30.2. The SMILES string of the molecule is COCCN(C)CCOC.Cc1cnc(C(=O)NCCN(C)C)s1.Cc1cnc(C=O)s1. The average molecular weight is 488 g/mol. The van der Waals surface area contributed by atoms with E-state index in [1.807, 2.05) is 32.8 Å². The van der Waals surface area contributed by atoms with Crippen LogP contribution in [-0.4, -0.2) is 107 Å². The van der Waals surface area contributed by atoms with Crippen LogP contribution >= 0.6 is 22.7 Å². The van der Waals surface area contributed by atoms with E-state index in [2.05, 4.69) is 27.2 Å². The van der Waals surface area contributed by atoms with Crippen molar-refractivity contribution >= 4 is 34.9 Å². The van der Waals surface area contributed by atoms with Crippen LogP contribution in [0, 0.1) is 13.8 Å². The van der Waals surface area contributed by atoms with Gasteiger partial charge in [-0.1, -0.05) is 0 Å². The average Bonchev–Trinajstić information content (AvgIpc) is 3.39. The molecule has 2 heterocycles. The van der Waals surface area contributed by atoms with Crippen LogP contribution in [0.2, 0.25) is 0 Å². The van der Waals surface area contributed by atoms with E-state index in [4.69, 9.17) is 9.47 Å². The summed E-state index contributed by atoms with van der Waals surface area (Å²) in [5.41, 5.74) is 0. The number of methoxy groups -OCH3 is 2. The predicted molar refractivity (Wildman–Crippen MR) is 131 cm³/mol. The second kappa shape index (κ2) is 18.8. The van der Waals surface area contributed by atoms with E-state index in [9.17, 15) is 9.59 Å². The summed E-state index contributed by atoms with van der Waals surface area (Å²) in [5, 5.41) is 3.91. The molecule has 0 fully saturated rings. The van der Waals surface area contributed by atoms with Gasteiger partial charge in [-0.25, -0.2) is 9.97 Å². The van der Waals surface area contributed by atoms with Gasteiger partial charge in [0.25, 0.3) is 5.91 Å². The molecule has 32 heavy (non-hydrogen) atoms. The summed E-state index contributed by atoms with van der Waals surface area (Å²) in [7, 11) is 9.42. The van der Waals surface area contributed by atoms with Crippen molar-refractivity contribution in [1.29, 1.82) is 0 Å². The van der Waals surface area contributed by atoms with Crippen LogP contribution in [0.4, 0.5) is 0 Å². The molecule has 0 spiro atoms. The van der Waals surface area contributed by atoms with Gasteiger partial charge in [-0.3, -0.25) is 9.59 Å². The summed E-state index contributed by atoms with van der Waals surface area (Å²) < 4.78 is 9.82. The lowest BCUT2D eigenvalue weighted by molar-refractivity contribution is 0.0950.